The van der Waals surface area contributed by atoms with Crippen LogP contribution in [0.15, 0.2) is 24.3 Å². The Bertz CT molecular complexity index is 477. The fourth-order valence-corrected chi connectivity index (χ4v) is 1.46. The molecule has 0 unspecified atom stereocenters. The first-order valence-electron chi connectivity index (χ1n) is 5.34. The highest BCUT2D eigenvalue weighted by Gasteiger charge is 2.33. The van der Waals surface area contributed by atoms with Gasteiger partial charge in [-0.05, 0) is 24.3 Å². The van der Waals surface area contributed by atoms with Crippen molar-refractivity contribution in [3.63, 3.8) is 0 Å². The number of benzene rings is 1. The van der Waals surface area contributed by atoms with E-state index >= 15 is 0 Å². The number of hydrogen-bond donors (Lipinski definition) is 1. The van der Waals surface area contributed by atoms with Crippen LogP contribution in [0.2, 0.25) is 0 Å². The van der Waals surface area contributed by atoms with Crippen molar-refractivity contribution in [3.8, 4) is 6.07 Å². The van der Waals surface area contributed by atoms with Crippen LogP contribution in [0, 0.1) is 11.3 Å². The molecule has 1 aromatic carbocycles. The molecule has 1 N–H and O–H groups in total. The topological polar surface area (TPSA) is 64.3 Å². The van der Waals surface area contributed by atoms with Gasteiger partial charge in [-0.15, -0.1) is 0 Å². The van der Waals surface area contributed by atoms with Crippen LogP contribution in [0.3, 0.4) is 0 Å². The maximum absolute atomic E-state index is 12.3. The van der Waals surface area contributed by atoms with E-state index < -0.39 is 31.8 Å². The average Bonchev–Trinajstić information content (AvgIpc) is 2.36. The predicted octanol–water partition coefficient (Wildman–Crippen LogP) is 1.56. The van der Waals surface area contributed by atoms with Gasteiger partial charge in [-0.1, -0.05) is 0 Å². The Kier molecular flexibility index (Phi) is 4.89. The number of aliphatic hydroxyl groups is 1. The molecule has 1 amide bonds. The SMILES string of the molecule is N#Cc1ccc(C(=O)N(CCO)CC(F)(F)F)cc1. The summed E-state index contributed by atoms with van der Waals surface area (Å²) < 4.78 is 36.9. The molecule has 0 aliphatic heterocycles. The van der Waals surface area contributed by atoms with Crippen LogP contribution in [-0.4, -0.2) is 41.8 Å². The minimum Gasteiger partial charge on any atom is -0.395 e. The average molecular weight is 272 g/mol. The van der Waals surface area contributed by atoms with Gasteiger partial charge in [0.2, 0.25) is 0 Å². The second-order valence-corrected chi connectivity index (χ2v) is 3.75. The lowest BCUT2D eigenvalue weighted by Crippen LogP contribution is -2.40. The molecule has 19 heavy (non-hydrogen) atoms. The minimum absolute atomic E-state index is 0.0386. The quantitative estimate of drug-likeness (QED) is 0.904. The van der Waals surface area contributed by atoms with Crippen molar-refractivity contribution in [2.45, 2.75) is 6.18 Å². The molecule has 0 bridgehead atoms. The number of rotatable bonds is 4. The van der Waals surface area contributed by atoms with Gasteiger partial charge in [0.15, 0.2) is 0 Å². The number of alkyl halides is 3. The summed E-state index contributed by atoms with van der Waals surface area (Å²) in [6.45, 7) is -2.39. The summed E-state index contributed by atoms with van der Waals surface area (Å²) in [5.74, 6) is -0.837. The second-order valence-electron chi connectivity index (χ2n) is 3.75. The van der Waals surface area contributed by atoms with Gasteiger partial charge >= 0.3 is 6.18 Å². The Morgan fingerprint density at radius 3 is 2.32 bits per heavy atom. The number of aliphatic hydroxyl groups excluding tert-OH is 1. The minimum atomic E-state index is -4.53. The van der Waals surface area contributed by atoms with Crippen molar-refractivity contribution in [2.24, 2.45) is 0 Å². The number of nitriles is 1. The largest absolute Gasteiger partial charge is 0.406 e. The van der Waals surface area contributed by atoms with Crippen LogP contribution in [0.1, 0.15) is 15.9 Å². The maximum Gasteiger partial charge on any atom is 0.406 e. The van der Waals surface area contributed by atoms with E-state index in [0.29, 0.717) is 10.5 Å². The molecule has 4 nitrogen and oxygen atoms in total. The van der Waals surface area contributed by atoms with Gasteiger partial charge in [-0.2, -0.15) is 18.4 Å². The van der Waals surface area contributed by atoms with Crippen molar-refractivity contribution in [2.75, 3.05) is 19.7 Å². The molecule has 102 valence electrons. The van der Waals surface area contributed by atoms with Crippen LogP contribution < -0.4 is 0 Å². The summed E-state index contributed by atoms with van der Waals surface area (Å²) in [4.78, 5) is 12.4. The number of nitrogens with zero attached hydrogens (tertiary/aromatic N) is 2. The summed E-state index contributed by atoms with van der Waals surface area (Å²) in [5, 5.41) is 17.3. The molecule has 0 aromatic heterocycles. The first kappa shape index (κ1) is 15.0. The zero-order valence-corrected chi connectivity index (χ0v) is 9.81. The molecular weight excluding hydrogens is 261 g/mol. The van der Waals surface area contributed by atoms with Crippen LogP contribution in [0.4, 0.5) is 13.2 Å². The van der Waals surface area contributed by atoms with E-state index in [0.717, 1.165) is 0 Å². The Morgan fingerprint density at radius 2 is 1.89 bits per heavy atom. The van der Waals surface area contributed by atoms with Gasteiger partial charge in [-0.25, -0.2) is 0 Å². The van der Waals surface area contributed by atoms with Crippen molar-refractivity contribution < 1.29 is 23.1 Å². The molecule has 0 atom stereocenters. The van der Waals surface area contributed by atoms with Crippen molar-refractivity contribution in [1.82, 2.24) is 4.90 Å². The zero-order chi connectivity index (χ0) is 14.5. The summed E-state index contributed by atoms with van der Waals surface area (Å²) in [7, 11) is 0. The highest BCUT2D eigenvalue weighted by molar-refractivity contribution is 5.94. The van der Waals surface area contributed by atoms with Gasteiger partial charge in [0.25, 0.3) is 5.91 Å². The highest BCUT2D eigenvalue weighted by Crippen LogP contribution is 2.18. The van der Waals surface area contributed by atoms with E-state index in [1.807, 2.05) is 6.07 Å². The molecule has 0 aliphatic rings. The number of carbonyl (C=O) groups is 1. The van der Waals surface area contributed by atoms with Crippen molar-refractivity contribution in [3.05, 3.63) is 35.4 Å². The van der Waals surface area contributed by atoms with Crippen LogP contribution in [-0.2, 0) is 0 Å². The number of hydrogen-bond acceptors (Lipinski definition) is 3. The normalized spacial score (nSPS) is 10.9. The second kappa shape index (κ2) is 6.20. The third-order valence-corrected chi connectivity index (χ3v) is 2.29. The van der Waals surface area contributed by atoms with Crippen LogP contribution >= 0.6 is 0 Å². The molecule has 0 saturated carbocycles. The van der Waals surface area contributed by atoms with E-state index in [1.165, 1.54) is 24.3 Å². The van der Waals surface area contributed by atoms with E-state index in [1.54, 1.807) is 0 Å². The first-order chi connectivity index (χ1) is 8.87. The molecule has 1 aromatic rings. The van der Waals surface area contributed by atoms with Crippen molar-refractivity contribution in [1.29, 1.82) is 5.26 Å². The lowest BCUT2D eigenvalue weighted by molar-refractivity contribution is -0.141. The fourth-order valence-electron chi connectivity index (χ4n) is 1.46. The molecule has 1 rings (SSSR count). The van der Waals surface area contributed by atoms with Crippen molar-refractivity contribution >= 4 is 5.91 Å². The van der Waals surface area contributed by atoms with E-state index in [2.05, 4.69) is 0 Å². The summed E-state index contributed by atoms with van der Waals surface area (Å²) in [6, 6.07) is 7.09. The Hall–Kier alpha value is -2.07. The van der Waals surface area contributed by atoms with E-state index in [-0.39, 0.29) is 5.56 Å². The Balaban J connectivity index is 2.89. The summed E-state index contributed by atoms with van der Waals surface area (Å²) >= 11 is 0. The molecular formula is C12H11F3N2O2. The molecule has 7 heteroatoms. The van der Waals surface area contributed by atoms with Gasteiger partial charge in [-0.3, -0.25) is 4.79 Å². The lowest BCUT2D eigenvalue weighted by Gasteiger charge is -2.23. The Labute approximate surface area is 107 Å². The van der Waals surface area contributed by atoms with Gasteiger partial charge in [0, 0.05) is 12.1 Å². The van der Waals surface area contributed by atoms with Gasteiger partial charge in [0.05, 0.1) is 18.2 Å². The third-order valence-electron chi connectivity index (χ3n) is 2.29. The molecule has 0 radical (unpaired) electrons. The zero-order valence-electron chi connectivity index (χ0n) is 9.81. The fraction of sp³-hybridized carbons (Fsp3) is 0.333. The van der Waals surface area contributed by atoms with Gasteiger partial charge in [0.1, 0.15) is 6.54 Å². The summed E-state index contributed by atoms with van der Waals surface area (Å²) in [5.41, 5.74) is 0.345. The highest BCUT2D eigenvalue weighted by atomic mass is 19.4. The third kappa shape index (κ3) is 4.60. The van der Waals surface area contributed by atoms with Gasteiger partial charge < -0.3 is 10.0 Å². The van der Waals surface area contributed by atoms with Crippen LogP contribution in [0.5, 0.6) is 0 Å². The van der Waals surface area contributed by atoms with E-state index in [9.17, 15) is 18.0 Å². The number of halogens is 3. The molecule has 0 aliphatic carbocycles. The number of amides is 1. The monoisotopic (exact) mass is 272 g/mol. The molecule has 0 heterocycles. The molecule has 0 spiro atoms. The predicted molar refractivity (Wildman–Crippen MR) is 60.2 cm³/mol. The maximum atomic E-state index is 12.3. The Morgan fingerprint density at radius 1 is 1.32 bits per heavy atom. The first-order valence-corrected chi connectivity index (χ1v) is 5.34. The molecule has 0 saturated heterocycles. The smallest absolute Gasteiger partial charge is 0.395 e. The number of carbonyl (C=O) groups excluding carboxylic acids is 1. The lowest BCUT2D eigenvalue weighted by atomic mass is 10.1. The summed E-state index contributed by atoms with van der Waals surface area (Å²) in [6.07, 6.45) is -4.53. The van der Waals surface area contributed by atoms with E-state index in [4.69, 9.17) is 10.4 Å². The molecule has 0 fully saturated rings. The standard InChI is InChI=1S/C12H11F3N2O2/c13-12(14,15)8-17(5-6-18)11(19)10-3-1-9(7-16)2-4-10/h1-4,18H,5-6,8H2. The van der Waals surface area contributed by atoms with Crippen LogP contribution in [0.25, 0.3) is 0 Å².